The lowest BCUT2D eigenvalue weighted by Crippen LogP contribution is -2.28. The Kier molecular flexibility index (Phi) is 9.05. The van der Waals surface area contributed by atoms with E-state index in [1.165, 1.54) is 44.3 Å². The lowest BCUT2D eigenvalue weighted by atomic mass is 10.1. The van der Waals surface area contributed by atoms with Gasteiger partial charge in [0.15, 0.2) is 0 Å². The van der Waals surface area contributed by atoms with E-state index in [-0.39, 0.29) is 0 Å². The van der Waals surface area contributed by atoms with Gasteiger partial charge in [0, 0.05) is 23.0 Å². The molecule has 0 spiro atoms. The third-order valence-corrected chi connectivity index (χ3v) is 6.06. The summed E-state index contributed by atoms with van der Waals surface area (Å²) in [7, 11) is 0. The highest BCUT2D eigenvalue weighted by molar-refractivity contribution is 6.31. The summed E-state index contributed by atoms with van der Waals surface area (Å²) in [6.07, 6.45) is 6.94. The third-order valence-electron chi connectivity index (χ3n) is 5.58. The second-order valence-electron chi connectivity index (χ2n) is 8.02. The largest absolute Gasteiger partial charge is 0.328 e. The van der Waals surface area contributed by atoms with E-state index in [0.717, 1.165) is 52.8 Å². The molecule has 0 bridgehead atoms. The highest BCUT2D eigenvalue weighted by atomic mass is 35.5. The summed E-state index contributed by atoms with van der Waals surface area (Å²) in [5.74, 6) is 1.09. The predicted octanol–water partition coefficient (Wildman–Crippen LogP) is 7.23. The van der Waals surface area contributed by atoms with Crippen molar-refractivity contribution in [3.05, 3.63) is 63.9 Å². The van der Waals surface area contributed by atoms with Gasteiger partial charge >= 0.3 is 0 Å². The lowest BCUT2D eigenvalue weighted by molar-refractivity contribution is 0.257. The molecule has 3 aromatic rings. The van der Waals surface area contributed by atoms with Gasteiger partial charge < -0.3 is 9.47 Å². The second-order valence-corrected chi connectivity index (χ2v) is 8.89. The fourth-order valence-electron chi connectivity index (χ4n) is 3.87. The number of hydrogen-bond acceptors (Lipinski definition) is 2. The Morgan fingerprint density at radius 3 is 2.13 bits per heavy atom. The van der Waals surface area contributed by atoms with Crippen LogP contribution in [0.15, 0.2) is 42.5 Å². The topological polar surface area (TPSA) is 21.1 Å². The molecule has 0 aliphatic carbocycles. The molecule has 0 saturated carbocycles. The number of unbranched alkanes of at least 4 members (excludes halogenated alkanes) is 2. The van der Waals surface area contributed by atoms with Crippen molar-refractivity contribution in [3.8, 4) is 0 Å². The summed E-state index contributed by atoms with van der Waals surface area (Å²) >= 11 is 12.4. The average molecular weight is 446 g/mol. The number of aryl methyl sites for hydroxylation is 1. The number of fused-ring (bicyclic) bond motifs is 1. The molecule has 3 rings (SSSR count). The molecule has 2 aromatic carbocycles. The van der Waals surface area contributed by atoms with Crippen molar-refractivity contribution in [2.75, 3.05) is 19.6 Å². The molecule has 0 amide bonds. The molecule has 1 aromatic heterocycles. The summed E-state index contributed by atoms with van der Waals surface area (Å²) in [6, 6.07) is 14.0. The van der Waals surface area contributed by atoms with Gasteiger partial charge in [-0.3, -0.25) is 0 Å². The van der Waals surface area contributed by atoms with Crippen LogP contribution in [0, 0.1) is 0 Å². The van der Waals surface area contributed by atoms with E-state index in [1.807, 2.05) is 30.3 Å². The van der Waals surface area contributed by atoms with Crippen molar-refractivity contribution >= 4 is 34.2 Å². The number of imidazole rings is 1. The Morgan fingerprint density at radius 2 is 1.47 bits per heavy atom. The van der Waals surface area contributed by atoms with Crippen LogP contribution in [0.4, 0.5) is 0 Å². The first-order valence-electron chi connectivity index (χ1n) is 11.2. The van der Waals surface area contributed by atoms with Crippen molar-refractivity contribution in [2.24, 2.45) is 0 Å². The van der Waals surface area contributed by atoms with Crippen molar-refractivity contribution in [2.45, 2.75) is 58.9 Å². The molecule has 162 valence electrons. The smallest absolute Gasteiger partial charge is 0.114 e. The van der Waals surface area contributed by atoms with Crippen LogP contribution < -0.4 is 0 Å². The minimum atomic E-state index is 0.759. The molecule has 0 N–H and O–H groups in total. The Bertz CT molecular complexity index is 910. The van der Waals surface area contributed by atoms with E-state index in [1.54, 1.807) is 0 Å². The maximum Gasteiger partial charge on any atom is 0.114 e. The van der Waals surface area contributed by atoms with Gasteiger partial charge in [-0.15, -0.1) is 0 Å². The van der Waals surface area contributed by atoms with Gasteiger partial charge in [0.05, 0.1) is 11.0 Å². The Hall–Kier alpha value is -1.55. The number of halogens is 2. The van der Waals surface area contributed by atoms with Gasteiger partial charge in [0.1, 0.15) is 5.82 Å². The van der Waals surface area contributed by atoms with Crippen LogP contribution in [0.3, 0.4) is 0 Å². The maximum atomic E-state index is 6.31. The van der Waals surface area contributed by atoms with Gasteiger partial charge in [-0.2, -0.15) is 0 Å². The van der Waals surface area contributed by atoms with Crippen LogP contribution in [-0.4, -0.2) is 34.1 Å². The highest BCUT2D eigenvalue weighted by Gasteiger charge is 2.13. The first kappa shape index (κ1) is 23.1. The fraction of sp³-hybridized carbons (Fsp3) is 0.480. The monoisotopic (exact) mass is 445 g/mol. The van der Waals surface area contributed by atoms with Gasteiger partial charge in [0.2, 0.25) is 0 Å². The lowest BCUT2D eigenvalue weighted by Gasteiger charge is -2.22. The molecule has 0 unspecified atom stereocenters. The van der Waals surface area contributed by atoms with E-state index < -0.39 is 0 Å². The molecule has 3 nitrogen and oxygen atoms in total. The number of nitrogens with zero attached hydrogens (tertiary/aromatic N) is 3. The summed E-state index contributed by atoms with van der Waals surface area (Å²) in [4.78, 5) is 7.55. The molecule has 0 radical (unpaired) electrons. The molecule has 0 fully saturated rings. The van der Waals surface area contributed by atoms with E-state index in [4.69, 9.17) is 28.2 Å². The van der Waals surface area contributed by atoms with Crippen molar-refractivity contribution in [1.29, 1.82) is 0 Å². The first-order valence-corrected chi connectivity index (χ1v) is 12.0. The third kappa shape index (κ3) is 6.47. The maximum absolute atomic E-state index is 6.31. The van der Waals surface area contributed by atoms with Gasteiger partial charge in [-0.1, -0.05) is 62.0 Å². The van der Waals surface area contributed by atoms with Gasteiger partial charge in [-0.05, 0) is 74.8 Å². The standard InChI is InChI=1S/C25H33Cl2N3/c1-3-5-14-29(15-6-4-2)16-7-17-30-24-19-22(27)12-13-23(24)28-25(30)18-20-8-10-21(26)11-9-20/h8-13,19H,3-7,14-18H2,1-2H3. The summed E-state index contributed by atoms with van der Waals surface area (Å²) in [5, 5.41) is 1.52. The minimum absolute atomic E-state index is 0.759. The molecular weight excluding hydrogens is 413 g/mol. The van der Waals surface area contributed by atoms with E-state index in [2.05, 4.69) is 35.4 Å². The molecule has 1 heterocycles. The Labute approximate surface area is 191 Å². The molecule has 5 heteroatoms. The summed E-state index contributed by atoms with van der Waals surface area (Å²) < 4.78 is 2.35. The molecular formula is C25H33Cl2N3. The van der Waals surface area contributed by atoms with Crippen LogP contribution in [0.5, 0.6) is 0 Å². The normalized spacial score (nSPS) is 11.6. The predicted molar refractivity (Wildman–Crippen MR) is 130 cm³/mol. The zero-order chi connectivity index (χ0) is 21.3. The zero-order valence-electron chi connectivity index (χ0n) is 18.2. The minimum Gasteiger partial charge on any atom is -0.328 e. The van der Waals surface area contributed by atoms with Gasteiger partial charge in [0.25, 0.3) is 0 Å². The Balaban J connectivity index is 1.76. The van der Waals surface area contributed by atoms with E-state index in [9.17, 15) is 0 Å². The molecule has 0 atom stereocenters. The first-order chi connectivity index (χ1) is 14.6. The quantitative estimate of drug-likeness (QED) is 0.293. The van der Waals surface area contributed by atoms with Gasteiger partial charge in [-0.25, -0.2) is 4.98 Å². The molecule has 0 saturated heterocycles. The number of benzene rings is 2. The summed E-state index contributed by atoms with van der Waals surface area (Å²) in [6.45, 7) is 9.01. The van der Waals surface area contributed by atoms with Crippen molar-refractivity contribution < 1.29 is 0 Å². The molecule has 0 aliphatic heterocycles. The van der Waals surface area contributed by atoms with Crippen LogP contribution >= 0.6 is 23.2 Å². The van der Waals surface area contributed by atoms with Crippen molar-refractivity contribution in [3.63, 3.8) is 0 Å². The highest BCUT2D eigenvalue weighted by Crippen LogP contribution is 2.23. The van der Waals surface area contributed by atoms with E-state index in [0.29, 0.717) is 0 Å². The van der Waals surface area contributed by atoms with Crippen molar-refractivity contribution in [1.82, 2.24) is 14.5 Å². The number of rotatable bonds is 12. The van der Waals surface area contributed by atoms with Crippen LogP contribution in [0.25, 0.3) is 11.0 Å². The average Bonchev–Trinajstić information content (AvgIpc) is 3.07. The second kappa shape index (κ2) is 11.7. The molecule has 0 aliphatic rings. The van der Waals surface area contributed by atoms with Crippen LogP contribution in [0.1, 0.15) is 57.3 Å². The zero-order valence-corrected chi connectivity index (χ0v) is 19.7. The van der Waals surface area contributed by atoms with Crippen LogP contribution in [0.2, 0.25) is 10.0 Å². The van der Waals surface area contributed by atoms with E-state index >= 15 is 0 Å². The molecule has 30 heavy (non-hydrogen) atoms. The summed E-state index contributed by atoms with van der Waals surface area (Å²) in [5.41, 5.74) is 3.35. The Morgan fingerprint density at radius 1 is 0.833 bits per heavy atom. The van der Waals surface area contributed by atoms with Crippen LogP contribution in [-0.2, 0) is 13.0 Å². The fourth-order valence-corrected chi connectivity index (χ4v) is 4.16. The number of aromatic nitrogens is 2. The SMILES string of the molecule is CCCCN(CCCC)CCCn1c(Cc2ccc(Cl)cc2)nc2ccc(Cl)cc21. The number of hydrogen-bond donors (Lipinski definition) is 0.